The highest BCUT2D eigenvalue weighted by Crippen LogP contribution is 2.35. The highest BCUT2D eigenvalue weighted by Gasteiger charge is 2.32. The predicted octanol–water partition coefficient (Wildman–Crippen LogP) is 1.01. The van der Waals surface area contributed by atoms with Gasteiger partial charge in [-0.3, -0.25) is 0 Å². The number of hydrogen-bond donors (Lipinski definition) is 2. The van der Waals surface area contributed by atoms with Crippen molar-refractivity contribution in [2.24, 2.45) is 5.73 Å². The Morgan fingerprint density at radius 3 is 3.00 bits per heavy atom. The molecule has 1 aliphatic heterocycles. The normalized spacial score (nSPS) is 26.1. The van der Waals surface area contributed by atoms with Crippen molar-refractivity contribution < 1.29 is 9.84 Å². The highest BCUT2D eigenvalue weighted by atomic mass is 16.5. The molecule has 0 saturated heterocycles. The van der Waals surface area contributed by atoms with E-state index in [2.05, 4.69) is 0 Å². The summed E-state index contributed by atoms with van der Waals surface area (Å²) in [5, 5.41) is 10.3. The highest BCUT2D eigenvalue weighted by molar-refractivity contribution is 5.38. The average molecular weight is 193 g/mol. The maximum Gasteiger partial charge on any atom is 0.125 e. The fourth-order valence-electron chi connectivity index (χ4n) is 1.87. The summed E-state index contributed by atoms with van der Waals surface area (Å²) in [6, 6.07) is 7.56. The van der Waals surface area contributed by atoms with Crippen LogP contribution in [0.4, 0.5) is 0 Å². The lowest BCUT2D eigenvalue weighted by Crippen LogP contribution is -2.34. The molecule has 0 saturated carbocycles. The van der Waals surface area contributed by atoms with Crippen molar-refractivity contribution in [2.45, 2.75) is 18.4 Å². The summed E-state index contributed by atoms with van der Waals surface area (Å²) < 4.78 is 5.53. The van der Waals surface area contributed by atoms with Gasteiger partial charge in [-0.25, -0.2) is 0 Å². The molecule has 1 aliphatic rings. The van der Waals surface area contributed by atoms with E-state index >= 15 is 0 Å². The number of hydrogen-bond acceptors (Lipinski definition) is 3. The summed E-state index contributed by atoms with van der Waals surface area (Å²) in [4.78, 5) is 0. The van der Waals surface area contributed by atoms with E-state index in [0.29, 0.717) is 13.0 Å². The Bertz CT molecular complexity index is 327. The SMILES string of the molecule is NCC1(O)CCCOc2ccccc21. The number of ether oxygens (including phenoxy) is 1. The van der Waals surface area contributed by atoms with E-state index in [1.54, 1.807) is 0 Å². The van der Waals surface area contributed by atoms with Gasteiger partial charge in [-0.1, -0.05) is 18.2 Å². The van der Waals surface area contributed by atoms with Crippen molar-refractivity contribution in [3.8, 4) is 5.75 Å². The van der Waals surface area contributed by atoms with Crippen LogP contribution < -0.4 is 10.5 Å². The molecule has 0 radical (unpaired) electrons. The minimum atomic E-state index is -0.910. The molecule has 0 aliphatic carbocycles. The molecule has 2 rings (SSSR count). The smallest absolute Gasteiger partial charge is 0.125 e. The van der Waals surface area contributed by atoms with Gasteiger partial charge < -0.3 is 15.6 Å². The molecule has 3 nitrogen and oxygen atoms in total. The maximum absolute atomic E-state index is 10.3. The Labute approximate surface area is 83.5 Å². The quantitative estimate of drug-likeness (QED) is 0.699. The van der Waals surface area contributed by atoms with Crippen LogP contribution >= 0.6 is 0 Å². The molecule has 0 aromatic heterocycles. The van der Waals surface area contributed by atoms with E-state index in [9.17, 15) is 5.11 Å². The van der Waals surface area contributed by atoms with Gasteiger partial charge in [0.1, 0.15) is 11.4 Å². The van der Waals surface area contributed by atoms with Crippen molar-refractivity contribution in [1.29, 1.82) is 0 Å². The Hall–Kier alpha value is -1.06. The third-order valence-corrected chi connectivity index (χ3v) is 2.72. The van der Waals surface area contributed by atoms with Gasteiger partial charge in [-0.05, 0) is 18.9 Å². The zero-order valence-corrected chi connectivity index (χ0v) is 8.07. The molecule has 1 aromatic carbocycles. The monoisotopic (exact) mass is 193 g/mol. The summed E-state index contributed by atoms with van der Waals surface area (Å²) in [5.41, 5.74) is 5.53. The zero-order valence-electron chi connectivity index (χ0n) is 8.07. The number of nitrogens with two attached hydrogens (primary N) is 1. The first-order valence-corrected chi connectivity index (χ1v) is 4.91. The fraction of sp³-hybridized carbons (Fsp3) is 0.455. The van der Waals surface area contributed by atoms with Crippen LogP contribution in [0.15, 0.2) is 24.3 Å². The van der Waals surface area contributed by atoms with Gasteiger partial charge in [-0.2, -0.15) is 0 Å². The van der Waals surface area contributed by atoms with Crippen LogP contribution in [0.25, 0.3) is 0 Å². The molecule has 0 spiro atoms. The number of para-hydroxylation sites is 1. The van der Waals surface area contributed by atoms with Crippen molar-refractivity contribution in [3.63, 3.8) is 0 Å². The first-order chi connectivity index (χ1) is 6.76. The lowest BCUT2D eigenvalue weighted by Gasteiger charge is -2.25. The van der Waals surface area contributed by atoms with Gasteiger partial charge >= 0.3 is 0 Å². The van der Waals surface area contributed by atoms with Crippen LogP contribution in [0.1, 0.15) is 18.4 Å². The molecular weight excluding hydrogens is 178 g/mol. The summed E-state index contributed by atoms with van der Waals surface area (Å²) in [6.45, 7) is 0.896. The predicted molar refractivity (Wildman–Crippen MR) is 54.1 cm³/mol. The molecular formula is C11H15NO2. The van der Waals surface area contributed by atoms with E-state index in [1.807, 2.05) is 24.3 Å². The fourth-order valence-corrected chi connectivity index (χ4v) is 1.87. The minimum Gasteiger partial charge on any atom is -0.493 e. The van der Waals surface area contributed by atoms with Crippen LogP contribution in [-0.2, 0) is 5.60 Å². The van der Waals surface area contributed by atoms with Crippen LogP contribution in [0.5, 0.6) is 5.75 Å². The van der Waals surface area contributed by atoms with Gasteiger partial charge in [0, 0.05) is 12.1 Å². The van der Waals surface area contributed by atoms with Crippen LogP contribution in [-0.4, -0.2) is 18.3 Å². The van der Waals surface area contributed by atoms with Crippen LogP contribution in [0.3, 0.4) is 0 Å². The number of rotatable bonds is 1. The van der Waals surface area contributed by atoms with E-state index in [-0.39, 0.29) is 6.54 Å². The molecule has 3 N–H and O–H groups in total. The van der Waals surface area contributed by atoms with E-state index < -0.39 is 5.60 Å². The van der Waals surface area contributed by atoms with Crippen molar-refractivity contribution >= 4 is 0 Å². The van der Waals surface area contributed by atoms with Crippen LogP contribution in [0.2, 0.25) is 0 Å². The van der Waals surface area contributed by atoms with Gasteiger partial charge in [0.2, 0.25) is 0 Å². The Kier molecular flexibility index (Phi) is 2.44. The summed E-state index contributed by atoms with van der Waals surface area (Å²) in [5.74, 6) is 0.762. The summed E-state index contributed by atoms with van der Waals surface area (Å²) in [7, 11) is 0. The summed E-state index contributed by atoms with van der Waals surface area (Å²) in [6.07, 6.45) is 1.50. The molecule has 0 amide bonds. The molecule has 14 heavy (non-hydrogen) atoms. The number of aliphatic hydroxyl groups is 1. The molecule has 0 bridgehead atoms. The van der Waals surface area contributed by atoms with Crippen molar-refractivity contribution in [2.75, 3.05) is 13.2 Å². The minimum absolute atomic E-state index is 0.243. The zero-order chi connectivity index (χ0) is 10.0. The average Bonchev–Trinajstić information content (AvgIpc) is 2.40. The molecule has 3 heteroatoms. The Morgan fingerprint density at radius 2 is 2.21 bits per heavy atom. The molecule has 0 fully saturated rings. The van der Waals surface area contributed by atoms with E-state index in [0.717, 1.165) is 17.7 Å². The Balaban J connectivity index is 2.47. The van der Waals surface area contributed by atoms with Gasteiger partial charge in [-0.15, -0.1) is 0 Å². The molecule has 1 atom stereocenters. The lowest BCUT2D eigenvalue weighted by atomic mass is 9.89. The third kappa shape index (κ3) is 1.49. The van der Waals surface area contributed by atoms with Gasteiger partial charge in [0.05, 0.1) is 6.61 Å². The van der Waals surface area contributed by atoms with Crippen LogP contribution in [0, 0.1) is 0 Å². The number of fused-ring (bicyclic) bond motifs is 1. The second-order valence-corrected chi connectivity index (χ2v) is 3.68. The van der Waals surface area contributed by atoms with Crippen molar-refractivity contribution in [1.82, 2.24) is 0 Å². The standard InChI is InChI=1S/C11H15NO2/c12-8-11(13)6-3-7-14-10-5-2-1-4-9(10)11/h1-2,4-5,13H,3,6-8,12H2. The number of benzene rings is 1. The molecule has 1 aromatic rings. The first-order valence-electron chi connectivity index (χ1n) is 4.91. The second kappa shape index (κ2) is 3.59. The lowest BCUT2D eigenvalue weighted by molar-refractivity contribution is 0.0374. The Morgan fingerprint density at radius 1 is 1.43 bits per heavy atom. The molecule has 76 valence electrons. The first kappa shape index (κ1) is 9.49. The third-order valence-electron chi connectivity index (χ3n) is 2.72. The second-order valence-electron chi connectivity index (χ2n) is 3.68. The van der Waals surface area contributed by atoms with Crippen molar-refractivity contribution in [3.05, 3.63) is 29.8 Å². The maximum atomic E-state index is 10.3. The van der Waals surface area contributed by atoms with Gasteiger partial charge in [0.15, 0.2) is 0 Å². The molecule has 1 heterocycles. The largest absolute Gasteiger partial charge is 0.493 e. The van der Waals surface area contributed by atoms with E-state index in [4.69, 9.17) is 10.5 Å². The van der Waals surface area contributed by atoms with E-state index in [1.165, 1.54) is 0 Å². The molecule has 1 unspecified atom stereocenters. The topological polar surface area (TPSA) is 55.5 Å². The summed E-state index contributed by atoms with van der Waals surface area (Å²) >= 11 is 0. The van der Waals surface area contributed by atoms with Gasteiger partial charge in [0.25, 0.3) is 0 Å².